The molecule has 0 fully saturated rings. The van der Waals surface area contributed by atoms with Gasteiger partial charge in [0.15, 0.2) is 0 Å². The van der Waals surface area contributed by atoms with Crippen molar-refractivity contribution in [2.75, 3.05) is 5.73 Å². The fraction of sp³-hybridized carbons (Fsp3) is 0.400. The van der Waals surface area contributed by atoms with Gasteiger partial charge in [0.1, 0.15) is 17.3 Å². The second-order valence-corrected chi connectivity index (χ2v) is 4.84. The summed E-state index contributed by atoms with van der Waals surface area (Å²) in [5.41, 5.74) is 10.8. The van der Waals surface area contributed by atoms with E-state index in [0.717, 1.165) is 35.9 Å². The van der Waals surface area contributed by atoms with Gasteiger partial charge >= 0.3 is 0 Å². The van der Waals surface area contributed by atoms with Crippen LogP contribution in [0.5, 0.6) is 0 Å². The fourth-order valence-corrected chi connectivity index (χ4v) is 2.19. The van der Waals surface area contributed by atoms with Crippen molar-refractivity contribution in [3.63, 3.8) is 0 Å². The third-order valence-corrected chi connectivity index (χ3v) is 3.43. The number of benzene rings is 1. The monoisotopic (exact) mass is 243 g/mol. The minimum absolute atomic E-state index is 0.776. The van der Waals surface area contributed by atoms with Crippen LogP contribution in [0.15, 0.2) is 18.2 Å². The molecule has 3 heteroatoms. The molecule has 0 atom stereocenters. The molecule has 0 bridgehead atoms. The molecule has 0 unspecified atom stereocenters. The zero-order valence-electron chi connectivity index (χ0n) is 11.6. The van der Waals surface area contributed by atoms with Gasteiger partial charge in [0.25, 0.3) is 0 Å². The summed E-state index contributed by atoms with van der Waals surface area (Å²) in [4.78, 5) is 4.61. The summed E-state index contributed by atoms with van der Waals surface area (Å²) >= 11 is 0. The standard InChI is InChI=1S/C15H21N3/c1-5-8-18-12(4)17-14(15(18)16)13-7-6-10(2)11(3)9-13/h6-7,9H,5,8,16H2,1-4H3. The molecule has 96 valence electrons. The maximum atomic E-state index is 6.21. The van der Waals surface area contributed by atoms with Gasteiger partial charge in [-0.15, -0.1) is 0 Å². The third-order valence-electron chi connectivity index (χ3n) is 3.43. The first-order valence-electron chi connectivity index (χ1n) is 6.44. The van der Waals surface area contributed by atoms with E-state index in [1.54, 1.807) is 0 Å². The lowest BCUT2D eigenvalue weighted by Gasteiger charge is -2.06. The van der Waals surface area contributed by atoms with Crippen LogP contribution in [0, 0.1) is 20.8 Å². The van der Waals surface area contributed by atoms with Crippen LogP contribution in [0.2, 0.25) is 0 Å². The maximum Gasteiger partial charge on any atom is 0.131 e. The van der Waals surface area contributed by atoms with E-state index in [2.05, 4.69) is 48.5 Å². The molecule has 0 spiro atoms. The zero-order valence-corrected chi connectivity index (χ0v) is 11.6. The van der Waals surface area contributed by atoms with Gasteiger partial charge in [0, 0.05) is 12.1 Å². The first kappa shape index (κ1) is 12.7. The number of nitrogens with two attached hydrogens (primary N) is 1. The van der Waals surface area contributed by atoms with E-state index in [1.165, 1.54) is 11.1 Å². The lowest BCUT2D eigenvalue weighted by molar-refractivity contribution is 0.665. The molecule has 0 aliphatic carbocycles. The van der Waals surface area contributed by atoms with Crippen LogP contribution in [0.25, 0.3) is 11.3 Å². The van der Waals surface area contributed by atoms with Crippen LogP contribution in [0.4, 0.5) is 5.82 Å². The number of hydrogen-bond acceptors (Lipinski definition) is 2. The largest absolute Gasteiger partial charge is 0.383 e. The number of aromatic nitrogens is 2. The third kappa shape index (κ3) is 2.13. The van der Waals surface area contributed by atoms with Crippen molar-refractivity contribution in [1.29, 1.82) is 0 Å². The molecule has 1 heterocycles. The van der Waals surface area contributed by atoms with Crippen LogP contribution in [0.3, 0.4) is 0 Å². The van der Waals surface area contributed by atoms with E-state index < -0.39 is 0 Å². The van der Waals surface area contributed by atoms with Crippen LogP contribution >= 0.6 is 0 Å². The molecule has 1 aromatic carbocycles. The van der Waals surface area contributed by atoms with Gasteiger partial charge in [-0.3, -0.25) is 0 Å². The SMILES string of the molecule is CCCn1c(C)nc(-c2ccc(C)c(C)c2)c1N. The molecule has 0 saturated carbocycles. The number of hydrogen-bond donors (Lipinski definition) is 1. The van der Waals surface area contributed by atoms with E-state index in [0.29, 0.717) is 0 Å². The van der Waals surface area contributed by atoms with Crippen molar-refractivity contribution >= 4 is 5.82 Å². The van der Waals surface area contributed by atoms with Gasteiger partial charge in [0.05, 0.1) is 0 Å². The Morgan fingerprint density at radius 1 is 1.17 bits per heavy atom. The summed E-state index contributed by atoms with van der Waals surface area (Å²) in [6.07, 6.45) is 1.06. The molecule has 2 N–H and O–H groups in total. The summed E-state index contributed by atoms with van der Waals surface area (Å²) in [7, 11) is 0. The molecule has 0 radical (unpaired) electrons. The minimum atomic E-state index is 0.776. The Hall–Kier alpha value is -1.77. The normalized spacial score (nSPS) is 10.9. The van der Waals surface area contributed by atoms with Gasteiger partial charge in [-0.2, -0.15) is 0 Å². The van der Waals surface area contributed by atoms with Crippen molar-refractivity contribution in [3.8, 4) is 11.3 Å². The average molecular weight is 243 g/mol. The lowest BCUT2D eigenvalue weighted by Crippen LogP contribution is -2.04. The Morgan fingerprint density at radius 3 is 2.50 bits per heavy atom. The van der Waals surface area contributed by atoms with Crippen molar-refractivity contribution < 1.29 is 0 Å². The Balaban J connectivity index is 2.50. The summed E-state index contributed by atoms with van der Waals surface area (Å²) in [6, 6.07) is 6.37. The summed E-state index contributed by atoms with van der Waals surface area (Å²) in [6.45, 7) is 9.31. The van der Waals surface area contributed by atoms with Crippen LogP contribution in [-0.2, 0) is 6.54 Å². The Kier molecular flexibility index (Phi) is 3.41. The Bertz CT molecular complexity index is 567. The number of aryl methyl sites for hydroxylation is 3. The van der Waals surface area contributed by atoms with E-state index in [1.807, 2.05) is 6.92 Å². The number of nitrogen functional groups attached to an aromatic ring is 1. The average Bonchev–Trinajstić information content (AvgIpc) is 2.61. The molecular formula is C15H21N3. The first-order valence-corrected chi connectivity index (χ1v) is 6.44. The van der Waals surface area contributed by atoms with Crippen LogP contribution < -0.4 is 5.73 Å². The van der Waals surface area contributed by atoms with Crippen molar-refractivity contribution in [2.45, 2.75) is 40.7 Å². The lowest BCUT2D eigenvalue weighted by atomic mass is 10.0. The number of imidazole rings is 1. The highest BCUT2D eigenvalue weighted by Gasteiger charge is 2.13. The van der Waals surface area contributed by atoms with E-state index in [-0.39, 0.29) is 0 Å². The van der Waals surface area contributed by atoms with Crippen molar-refractivity contribution in [1.82, 2.24) is 9.55 Å². The molecule has 0 aliphatic heterocycles. The maximum absolute atomic E-state index is 6.21. The summed E-state index contributed by atoms with van der Waals surface area (Å²) in [5, 5.41) is 0. The highest BCUT2D eigenvalue weighted by Crippen LogP contribution is 2.27. The molecule has 0 saturated heterocycles. The summed E-state index contributed by atoms with van der Waals surface area (Å²) in [5.74, 6) is 1.76. The second-order valence-electron chi connectivity index (χ2n) is 4.84. The fourth-order valence-electron chi connectivity index (χ4n) is 2.19. The van der Waals surface area contributed by atoms with Gasteiger partial charge in [0.2, 0.25) is 0 Å². The smallest absolute Gasteiger partial charge is 0.131 e. The highest BCUT2D eigenvalue weighted by molar-refractivity contribution is 5.71. The molecule has 2 rings (SSSR count). The molecular weight excluding hydrogens is 222 g/mol. The summed E-state index contributed by atoms with van der Waals surface area (Å²) < 4.78 is 2.09. The van der Waals surface area contributed by atoms with Gasteiger partial charge in [-0.1, -0.05) is 19.1 Å². The minimum Gasteiger partial charge on any atom is -0.383 e. The molecule has 0 amide bonds. The zero-order chi connectivity index (χ0) is 13.3. The van der Waals surface area contributed by atoms with Gasteiger partial charge in [-0.25, -0.2) is 4.98 Å². The Labute approximate surface area is 109 Å². The molecule has 0 aliphatic rings. The van der Waals surface area contributed by atoms with Crippen LogP contribution in [-0.4, -0.2) is 9.55 Å². The van der Waals surface area contributed by atoms with Crippen molar-refractivity contribution in [2.24, 2.45) is 0 Å². The number of rotatable bonds is 3. The van der Waals surface area contributed by atoms with Gasteiger partial charge < -0.3 is 10.3 Å². The quantitative estimate of drug-likeness (QED) is 0.897. The van der Waals surface area contributed by atoms with E-state index in [9.17, 15) is 0 Å². The first-order chi connectivity index (χ1) is 8.54. The predicted octanol–water partition coefficient (Wildman–Crippen LogP) is 3.47. The van der Waals surface area contributed by atoms with Gasteiger partial charge in [-0.05, 0) is 44.4 Å². The molecule has 3 nitrogen and oxygen atoms in total. The topological polar surface area (TPSA) is 43.8 Å². The van der Waals surface area contributed by atoms with E-state index in [4.69, 9.17) is 5.73 Å². The second kappa shape index (κ2) is 4.84. The highest BCUT2D eigenvalue weighted by atomic mass is 15.1. The van der Waals surface area contributed by atoms with Crippen LogP contribution in [0.1, 0.15) is 30.3 Å². The number of nitrogens with zero attached hydrogens (tertiary/aromatic N) is 2. The predicted molar refractivity (Wildman–Crippen MR) is 76.6 cm³/mol. The van der Waals surface area contributed by atoms with Crippen molar-refractivity contribution in [3.05, 3.63) is 35.2 Å². The Morgan fingerprint density at radius 2 is 1.89 bits per heavy atom. The molecule has 2 aromatic rings. The number of anilines is 1. The van der Waals surface area contributed by atoms with E-state index >= 15 is 0 Å². The molecule has 18 heavy (non-hydrogen) atoms. The molecule has 1 aromatic heterocycles.